The Hall–Kier alpha value is -2.44. The Morgan fingerprint density at radius 1 is 1.30 bits per heavy atom. The Labute approximate surface area is 134 Å². The Morgan fingerprint density at radius 2 is 2.04 bits per heavy atom. The summed E-state index contributed by atoms with van der Waals surface area (Å²) >= 11 is 0. The van der Waals surface area contributed by atoms with E-state index < -0.39 is 0 Å². The predicted molar refractivity (Wildman–Crippen MR) is 85.2 cm³/mol. The first-order valence-electron chi connectivity index (χ1n) is 7.90. The van der Waals surface area contributed by atoms with Crippen LogP contribution in [0.5, 0.6) is 0 Å². The molecule has 1 N–H and O–H groups in total. The van der Waals surface area contributed by atoms with Crippen LogP contribution < -0.4 is 10.9 Å². The number of carbonyl (C=O) groups is 1. The molecular formula is C16H21N5O2. The summed E-state index contributed by atoms with van der Waals surface area (Å²) in [7, 11) is 1.82. The molecule has 2 heterocycles. The second kappa shape index (κ2) is 6.36. The molecule has 1 aliphatic carbocycles. The van der Waals surface area contributed by atoms with Crippen molar-refractivity contribution in [2.75, 3.05) is 0 Å². The Balaban J connectivity index is 1.58. The average molecular weight is 315 g/mol. The van der Waals surface area contributed by atoms with Gasteiger partial charge in [0.1, 0.15) is 5.69 Å². The summed E-state index contributed by atoms with van der Waals surface area (Å²) in [6.07, 6.45) is 4.99. The van der Waals surface area contributed by atoms with E-state index in [1.54, 1.807) is 27.7 Å². The van der Waals surface area contributed by atoms with Gasteiger partial charge in [0, 0.05) is 31.0 Å². The van der Waals surface area contributed by atoms with Gasteiger partial charge in [-0.2, -0.15) is 10.2 Å². The van der Waals surface area contributed by atoms with E-state index in [-0.39, 0.29) is 23.6 Å². The van der Waals surface area contributed by atoms with E-state index in [0.717, 1.165) is 31.4 Å². The van der Waals surface area contributed by atoms with Gasteiger partial charge in [0.15, 0.2) is 0 Å². The van der Waals surface area contributed by atoms with E-state index in [1.165, 1.54) is 6.07 Å². The number of nitrogens with one attached hydrogen (secondary N) is 1. The van der Waals surface area contributed by atoms with E-state index in [2.05, 4.69) is 15.5 Å². The summed E-state index contributed by atoms with van der Waals surface area (Å²) in [6.45, 7) is 1.92. The lowest BCUT2D eigenvalue weighted by Gasteiger charge is -2.29. The van der Waals surface area contributed by atoms with Gasteiger partial charge in [0.05, 0.1) is 6.04 Å². The lowest BCUT2D eigenvalue weighted by atomic mass is 9.91. The van der Waals surface area contributed by atoms with E-state index in [4.69, 9.17) is 0 Å². The summed E-state index contributed by atoms with van der Waals surface area (Å²) in [6, 6.07) is 5.22. The summed E-state index contributed by atoms with van der Waals surface area (Å²) in [5, 5.41) is 11.4. The van der Waals surface area contributed by atoms with E-state index >= 15 is 0 Å². The highest BCUT2D eigenvalue weighted by Crippen LogP contribution is 2.26. The zero-order valence-electron chi connectivity index (χ0n) is 13.4. The standard InChI is InChI=1S/C16H21N5O2/c1-11-10-14(19-20(11)2)16(23)18-12-5-7-13(8-6-12)21-15(22)4-3-9-17-21/h3-4,9-10,12-13H,5-8H2,1-2H3,(H,18,23). The van der Waals surface area contributed by atoms with Gasteiger partial charge >= 0.3 is 0 Å². The van der Waals surface area contributed by atoms with Crippen LogP contribution in [0.3, 0.4) is 0 Å². The van der Waals surface area contributed by atoms with Crippen LogP contribution in [0.25, 0.3) is 0 Å². The Bertz CT molecular complexity index is 736. The molecular weight excluding hydrogens is 294 g/mol. The highest BCUT2D eigenvalue weighted by atomic mass is 16.2. The fourth-order valence-corrected chi connectivity index (χ4v) is 3.04. The van der Waals surface area contributed by atoms with Crippen LogP contribution in [0, 0.1) is 6.92 Å². The molecule has 1 saturated carbocycles. The van der Waals surface area contributed by atoms with E-state index in [0.29, 0.717) is 5.69 Å². The Morgan fingerprint density at radius 3 is 2.65 bits per heavy atom. The van der Waals surface area contributed by atoms with Gasteiger partial charge in [-0.05, 0) is 44.7 Å². The monoisotopic (exact) mass is 315 g/mol. The lowest BCUT2D eigenvalue weighted by Crippen LogP contribution is -2.39. The number of amides is 1. The second-order valence-corrected chi connectivity index (χ2v) is 6.08. The van der Waals surface area contributed by atoms with Crippen molar-refractivity contribution in [2.24, 2.45) is 7.05 Å². The number of nitrogens with zero attached hydrogens (tertiary/aromatic N) is 4. The SMILES string of the molecule is Cc1cc(C(=O)NC2CCC(n3ncccc3=O)CC2)nn1C. The molecule has 0 atom stereocenters. The third-order valence-electron chi connectivity index (χ3n) is 4.47. The van der Waals surface area contributed by atoms with Gasteiger partial charge < -0.3 is 5.32 Å². The van der Waals surface area contributed by atoms with Crippen LogP contribution in [0.2, 0.25) is 0 Å². The highest BCUT2D eigenvalue weighted by Gasteiger charge is 2.25. The van der Waals surface area contributed by atoms with Crippen molar-refractivity contribution in [3.63, 3.8) is 0 Å². The summed E-state index contributed by atoms with van der Waals surface area (Å²) in [4.78, 5) is 24.0. The molecule has 2 aromatic rings. The predicted octanol–water partition coefficient (Wildman–Crippen LogP) is 1.20. The minimum Gasteiger partial charge on any atom is -0.348 e. The van der Waals surface area contributed by atoms with Crippen LogP contribution in [0.1, 0.15) is 47.9 Å². The van der Waals surface area contributed by atoms with Crippen molar-refractivity contribution in [3.8, 4) is 0 Å². The smallest absolute Gasteiger partial charge is 0.272 e. The van der Waals surface area contributed by atoms with Crippen LogP contribution >= 0.6 is 0 Å². The van der Waals surface area contributed by atoms with Crippen molar-refractivity contribution < 1.29 is 4.79 Å². The molecule has 7 heteroatoms. The first-order valence-corrected chi connectivity index (χ1v) is 7.90. The highest BCUT2D eigenvalue weighted by molar-refractivity contribution is 5.92. The lowest BCUT2D eigenvalue weighted by molar-refractivity contribution is 0.0915. The third kappa shape index (κ3) is 3.33. The molecule has 0 unspecified atom stereocenters. The molecule has 0 radical (unpaired) electrons. The van der Waals surface area contributed by atoms with Crippen molar-refractivity contribution in [1.29, 1.82) is 0 Å². The maximum absolute atomic E-state index is 12.2. The molecule has 23 heavy (non-hydrogen) atoms. The molecule has 0 aliphatic heterocycles. The third-order valence-corrected chi connectivity index (χ3v) is 4.47. The molecule has 3 rings (SSSR count). The summed E-state index contributed by atoms with van der Waals surface area (Å²) in [5.74, 6) is -0.132. The second-order valence-electron chi connectivity index (χ2n) is 6.08. The van der Waals surface area contributed by atoms with Gasteiger partial charge in [-0.3, -0.25) is 14.3 Å². The minimum atomic E-state index is -0.132. The van der Waals surface area contributed by atoms with E-state index in [1.807, 2.05) is 14.0 Å². The van der Waals surface area contributed by atoms with Crippen LogP contribution in [-0.4, -0.2) is 31.5 Å². The van der Waals surface area contributed by atoms with Crippen molar-refractivity contribution in [3.05, 3.63) is 46.1 Å². The topological polar surface area (TPSA) is 81.8 Å². The Kier molecular flexibility index (Phi) is 4.27. The van der Waals surface area contributed by atoms with Crippen molar-refractivity contribution in [2.45, 2.75) is 44.7 Å². The molecule has 0 spiro atoms. The molecule has 0 bridgehead atoms. The van der Waals surface area contributed by atoms with Crippen LogP contribution in [0.15, 0.2) is 29.2 Å². The molecule has 1 fully saturated rings. The van der Waals surface area contributed by atoms with E-state index in [9.17, 15) is 9.59 Å². The summed E-state index contributed by atoms with van der Waals surface area (Å²) < 4.78 is 3.25. The number of aryl methyl sites for hydroxylation is 2. The first-order chi connectivity index (χ1) is 11.0. The van der Waals surface area contributed by atoms with Gasteiger partial charge in [0.2, 0.25) is 0 Å². The number of aromatic nitrogens is 4. The van der Waals surface area contributed by atoms with Gasteiger partial charge in [-0.15, -0.1) is 0 Å². The number of carbonyl (C=O) groups excluding carboxylic acids is 1. The fraction of sp³-hybridized carbons (Fsp3) is 0.500. The largest absolute Gasteiger partial charge is 0.348 e. The number of rotatable bonds is 3. The minimum absolute atomic E-state index is 0.0658. The van der Waals surface area contributed by atoms with Gasteiger partial charge in [-0.25, -0.2) is 4.68 Å². The maximum atomic E-state index is 12.2. The average Bonchev–Trinajstić information content (AvgIpc) is 2.88. The molecule has 2 aromatic heterocycles. The molecule has 1 amide bonds. The normalized spacial score (nSPS) is 21.1. The molecule has 1 aliphatic rings. The molecule has 0 saturated heterocycles. The summed E-state index contributed by atoms with van der Waals surface area (Å²) in [5.41, 5.74) is 1.34. The fourth-order valence-electron chi connectivity index (χ4n) is 3.04. The van der Waals surface area contributed by atoms with Crippen molar-refractivity contribution >= 4 is 5.91 Å². The zero-order chi connectivity index (χ0) is 16.4. The van der Waals surface area contributed by atoms with Gasteiger partial charge in [0.25, 0.3) is 11.5 Å². The number of hydrogen-bond donors (Lipinski definition) is 1. The van der Waals surface area contributed by atoms with Gasteiger partial charge in [-0.1, -0.05) is 0 Å². The van der Waals surface area contributed by atoms with Crippen molar-refractivity contribution in [1.82, 2.24) is 24.9 Å². The van der Waals surface area contributed by atoms with Crippen LogP contribution in [0.4, 0.5) is 0 Å². The molecule has 0 aromatic carbocycles. The first kappa shape index (κ1) is 15.5. The zero-order valence-corrected chi connectivity index (χ0v) is 13.4. The molecule has 122 valence electrons. The number of hydrogen-bond acceptors (Lipinski definition) is 4. The quantitative estimate of drug-likeness (QED) is 0.922. The maximum Gasteiger partial charge on any atom is 0.272 e. The molecule has 7 nitrogen and oxygen atoms in total. The van der Waals surface area contributed by atoms with Crippen LogP contribution in [-0.2, 0) is 7.05 Å².